The van der Waals surface area contributed by atoms with Crippen LogP contribution in [-0.2, 0) is 38.1 Å². The van der Waals surface area contributed by atoms with E-state index in [-0.39, 0.29) is 31.8 Å². The molecule has 8 bridgehead atoms. The van der Waals surface area contributed by atoms with Crippen LogP contribution in [0.2, 0.25) is 0 Å². The standard InChI is InChI=1S/C40H60O9/c1-7-36(5,34(44)49-40(8-2)28-13-24-11-25(15-28)16-29(40)14-24)22-37(6,33(43)47-30-9-10-46-31(30)41)21-35(3,4)32(42)48-39-19-26-12-27(20-39)18-38(45,17-26)23-39/h24-30,45H,7-23H2,1-6H3. The molecule has 8 aliphatic carbocycles. The first kappa shape index (κ1) is 35.3. The SMILES string of the molecule is CCC(C)(CC(C)(CC(C)(C)C(=O)OC12CC3CC(CC(O)(C3)C1)C2)C(=O)OC1CCOC1=O)C(=O)OC1(CC)C2CC3CC(C2)CC1C3. The van der Waals surface area contributed by atoms with Gasteiger partial charge in [-0.3, -0.25) is 14.4 Å². The predicted molar refractivity (Wildman–Crippen MR) is 180 cm³/mol. The summed E-state index contributed by atoms with van der Waals surface area (Å²) in [6.07, 6.45) is 11.0. The van der Waals surface area contributed by atoms with Gasteiger partial charge in [0.25, 0.3) is 0 Å². The van der Waals surface area contributed by atoms with Crippen molar-refractivity contribution in [1.82, 2.24) is 0 Å². The van der Waals surface area contributed by atoms with Crippen LogP contribution in [0.15, 0.2) is 0 Å². The van der Waals surface area contributed by atoms with Crippen LogP contribution in [0.4, 0.5) is 0 Å². The van der Waals surface area contributed by atoms with Gasteiger partial charge in [-0.2, -0.15) is 0 Å². The molecule has 0 amide bonds. The summed E-state index contributed by atoms with van der Waals surface area (Å²) >= 11 is 0. The van der Waals surface area contributed by atoms with Gasteiger partial charge in [-0.1, -0.05) is 13.8 Å². The summed E-state index contributed by atoms with van der Waals surface area (Å²) in [6.45, 7) is 11.5. The molecule has 5 atom stereocenters. The number of esters is 4. The van der Waals surface area contributed by atoms with Crippen molar-refractivity contribution in [2.45, 2.75) is 167 Å². The molecule has 274 valence electrons. The number of aliphatic hydroxyl groups is 1. The topological polar surface area (TPSA) is 125 Å². The third-order valence-corrected chi connectivity index (χ3v) is 14.7. The fraction of sp³-hybridized carbons (Fsp3) is 0.900. The van der Waals surface area contributed by atoms with E-state index in [1.165, 1.54) is 6.42 Å². The molecule has 1 aliphatic heterocycles. The van der Waals surface area contributed by atoms with Crippen LogP contribution in [0, 0.1) is 51.8 Å². The molecule has 0 aromatic rings. The quantitative estimate of drug-likeness (QED) is 0.174. The van der Waals surface area contributed by atoms with E-state index in [2.05, 4.69) is 6.92 Å². The Balaban J connectivity index is 1.13. The van der Waals surface area contributed by atoms with E-state index < -0.39 is 57.1 Å². The second-order valence-electron chi connectivity index (χ2n) is 19.3. The van der Waals surface area contributed by atoms with Crippen molar-refractivity contribution in [3.8, 4) is 0 Å². The van der Waals surface area contributed by atoms with Crippen molar-refractivity contribution >= 4 is 23.9 Å². The number of rotatable bonds is 12. The van der Waals surface area contributed by atoms with Crippen LogP contribution in [0.25, 0.3) is 0 Å². The van der Waals surface area contributed by atoms with Crippen molar-refractivity contribution < 1.29 is 43.2 Å². The number of hydrogen-bond acceptors (Lipinski definition) is 9. The number of hydrogen-bond donors (Lipinski definition) is 1. The second kappa shape index (κ2) is 11.9. The summed E-state index contributed by atoms with van der Waals surface area (Å²) in [5.74, 6) is 1.05. The molecule has 0 aromatic carbocycles. The molecular formula is C40H60O9. The van der Waals surface area contributed by atoms with Crippen LogP contribution in [0.1, 0.15) is 144 Å². The fourth-order valence-corrected chi connectivity index (χ4v) is 13.0. The summed E-state index contributed by atoms with van der Waals surface area (Å²) in [5.41, 5.74) is -5.43. The average molecular weight is 685 g/mol. The Bertz CT molecular complexity index is 1320. The molecule has 1 heterocycles. The summed E-state index contributed by atoms with van der Waals surface area (Å²) < 4.78 is 24.1. The van der Waals surface area contributed by atoms with Gasteiger partial charge < -0.3 is 24.1 Å². The Labute approximate surface area is 292 Å². The lowest BCUT2D eigenvalue weighted by Crippen LogP contribution is -2.61. The number of ether oxygens (including phenoxy) is 4. The normalized spacial score (nSPS) is 42.7. The zero-order valence-corrected chi connectivity index (χ0v) is 30.8. The van der Waals surface area contributed by atoms with Crippen molar-refractivity contribution in [3.05, 3.63) is 0 Å². The molecule has 0 radical (unpaired) electrons. The lowest BCUT2D eigenvalue weighted by atomic mass is 9.49. The number of carbonyl (C=O) groups excluding carboxylic acids is 4. The van der Waals surface area contributed by atoms with Crippen LogP contribution in [-0.4, -0.2) is 58.5 Å². The van der Waals surface area contributed by atoms with Crippen molar-refractivity contribution in [2.24, 2.45) is 51.8 Å². The molecule has 9 nitrogen and oxygen atoms in total. The van der Waals surface area contributed by atoms with Gasteiger partial charge in [0.1, 0.15) is 11.2 Å². The Hall–Kier alpha value is -2.16. The first-order chi connectivity index (χ1) is 22.9. The Morgan fingerprint density at radius 1 is 0.776 bits per heavy atom. The van der Waals surface area contributed by atoms with E-state index in [0.29, 0.717) is 36.5 Å². The first-order valence-electron chi connectivity index (χ1n) is 19.5. The van der Waals surface area contributed by atoms with E-state index in [1.807, 2.05) is 13.8 Å². The van der Waals surface area contributed by atoms with Crippen LogP contribution < -0.4 is 0 Å². The molecule has 9 aliphatic rings. The van der Waals surface area contributed by atoms with Gasteiger partial charge in [0, 0.05) is 12.8 Å². The minimum atomic E-state index is -1.32. The molecule has 8 saturated carbocycles. The Morgan fingerprint density at radius 3 is 1.88 bits per heavy atom. The summed E-state index contributed by atoms with van der Waals surface area (Å²) in [7, 11) is 0. The molecular weight excluding hydrogens is 624 g/mol. The minimum Gasteiger partial charge on any atom is -0.463 e. The van der Waals surface area contributed by atoms with E-state index in [4.69, 9.17) is 18.9 Å². The zero-order valence-electron chi connectivity index (χ0n) is 30.8. The average Bonchev–Trinajstić information content (AvgIpc) is 3.40. The fourth-order valence-electron chi connectivity index (χ4n) is 13.0. The van der Waals surface area contributed by atoms with Gasteiger partial charge in [-0.25, -0.2) is 4.79 Å². The second-order valence-corrected chi connectivity index (χ2v) is 19.3. The molecule has 9 heteroatoms. The van der Waals surface area contributed by atoms with Gasteiger partial charge in [0.2, 0.25) is 6.10 Å². The third kappa shape index (κ3) is 6.13. The van der Waals surface area contributed by atoms with Crippen LogP contribution in [0.3, 0.4) is 0 Å². The number of carbonyl (C=O) groups is 4. The molecule has 1 N–H and O–H groups in total. The summed E-state index contributed by atoms with van der Waals surface area (Å²) in [4.78, 5) is 55.4. The summed E-state index contributed by atoms with van der Waals surface area (Å²) in [5, 5.41) is 11.3. The smallest absolute Gasteiger partial charge is 0.347 e. The molecule has 5 unspecified atom stereocenters. The molecule has 0 spiro atoms. The summed E-state index contributed by atoms with van der Waals surface area (Å²) in [6, 6.07) is 0. The Morgan fingerprint density at radius 2 is 1.37 bits per heavy atom. The lowest BCUT2D eigenvalue weighted by molar-refractivity contribution is -0.226. The highest BCUT2D eigenvalue weighted by molar-refractivity contribution is 5.85. The maximum Gasteiger partial charge on any atom is 0.347 e. The van der Waals surface area contributed by atoms with Gasteiger partial charge in [0.15, 0.2) is 0 Å². The lowest BCUT2D eigenvalue weighted by Gasteiger charge is -2.60. The monoisotopic (exact) mass is 684 g/mol. The minimum absolute atomic E-state index is 0.0586. The Kier molecular flexibility index (Phi) is 8.59. The predicted octanol–water partition coefficient (Wildman–Crippen LogP) is 6.85. The molecule has 0 aromatic heterocycles. The third-order valence-electron chi connectivity index (χ3n) is 14.7. The first-order valence-corrected chi connectivity index (χ1v) is 19.5. The maximum atomic E-state index is 14.5. The van der Waals surface area contributed by atoms with Crippen LogP contribution >= 0.6 is 0 Å². The molecule has 9 rings (SSSR count). The van der Waals surface area contributed by atoms with Gasteiger partial charge in [0.05, 0.1) is 28.5 Å². The molecule has 49 heavy (non-hydrogen) atoms. The van der Waals surface area contributed by atoms with E-state index in [1.54, 1.807) is 20.8 Å². The van der Waals surface area contributed by atoms with E-state index >= 15 is 0 Å². The van der Waals surface area contributed by atoms with E-state index in [0.717, 1.165) is 76.0 Å². The molecule has 1 saturated heterocycles. The van der Waals surface area contributed by atoms with Gasteiger partial charge in [-0.15, -0.1) is 0 Å². The van der Waals surface area contributed by atoms with Gasteiger partial charge in [-0.05, 0) is 153 Å². The molecule has 9 fully saturated rings. The van der Waals surface area contributed by atoms with E-state index in [9.17, 15) is 24.3 Å². The zero-order chi connectivity index (χ0) is 35.2. The van der Waals surface area contributed by atoms with Gasteiger partial charge >= 0.3 is 23.9 Å². The van der Waals surface area contributed by atoms with Crippen LogP contribution in [0.5, 0.6) is 0 Å². The highest BCUT2D eigenvalue weighted by Gasteiger charge is 2.62. The highest BCUT2D eigenvalue weighted by atomic mass is 16.6. The number of cyclic esters (lactones) is 1. The largest absolute Gasteiger partial charge is 0.463 e. The maximum absolute atomic E-state index is 14.5. The van der Waals surface area contributed by atoms with Crippen molar-refractivity contribution in [3.63, 3.8) is 0 Å². The van der Waals surface area contributed by atoms with Crippen molar-refractivity contribution in [2.75, 3.05) is 6.61 Å². The van der Waals surface area contributed by atoms with Crippen molar-refractivity contribution in [1.29, 1.82) is 0 Å². The highest BCUT2D eigenvalue weighted by Crippen LogP contribution is 2.62.